The van der Waals surface area contributed by atoms with E-state index in [1.165, 1.54) is 0 Å². The Hall–Kier alpha value is -3.68. The minimum atomic E-state index is -0.342. The van der Waals surface area contributed by atoms with Gasteiger partial charge < -0.3 is 20.1 Å². The fraction of sp³-hybridized carbons (Fsp3) is 0.304. The summed E-state index contributed by atoms with van der Waals surface area (Å²) in [5, 5.41) is 5.65. The van der Waals surface area contributed by atoms with Crippen molar-refractivity contribution >= 4 is 11.7 Å². The fourth-order valence-electron chi connectivity index (χ4n) is 2.82. The van der Waals surface area contributed by atoms with Gasteiger partial charge in [0.15, 0.2) is 11.5 Å². The number of rotatable bonds is 6. The van der Waals surface area contributed by atoms with E-state index in [1.807, 2.05) is 45.9 Å². The number of carbonyl (C=O) groups is 1. The maximum atomic E-state index is 12.1. The van der Waals surface area contributed by atoms with Gasteiger partial charge in [0.1, 0.15) is 5.82 Å². The zero-order valence-electron chi connectivity index (χ0n) is 18.4. The molecule has 0 unspecified atom stereocenters. The minimum absolute atomic E-state index is 0.300. The van der Waals surface area contributed by atoms with Crippen LogP contribution in [0, 0.1) is 0 Å². The van der Waals surface area contributed by atoms with Gasteiger partial charge in [0.05, 0.1) is 18.4 Å². The summed E-state index contributed by atoms with van der Waals surface area (Å²) in [7, 11) is 1.54. The third-order valence-electron chi connectivity index (χ3n) is 4.19. The standard InChI is InChI=1S/C23H27N5O3/c1-6-20-24-13-11-17(27-20)16-8-7-12-25-21(16)31-18-10-9-15(14-19(18)30-5)26-22(29)28-23(2,3)4/h7-14H,6H2,1-5H3,(H2,26,28,29). The highest BCUT2D eigenvalue weighted by Gasteiger charge is 2.16. The van der Waals surface area contributed by atoms with Crippen molar-refractivity contribution in [2.45, 2.75) is 39.7 Å². The number of methoxy groups -OCH3 is 1. The van der Waals surface area contributed by atoms with Crippen LogP contribution in [0.25, 0.3) is 11.3 Å². The Morgan fingerprint density at radius 1 is 1.06 bits per heavy atom. The fourth-order valence-corrected chi connectivity index (χ4v) is 2.82. The lowest BCUT2D eigenvalue weighted by Gasteiger charge is -2.21. The number of aromatic nitrogens is 3. The number of urea groups is 1. The monoisotopic (exact) mass is 421 g/mol. The van der Waals surface area contributed by atoms with Gasteiger partial charge in [-0.25, -0.2) is 19.7 Å². The molecule has 0 radical (unpaired) electrons. The number of anilines is 1. The second kappa shape index (κ2) is 9.42. The van der Waals surface area contributed by atoms with Gasteiger partial charge >= 0.3 is 6.03 Å². The lowest BCUT2D eigenvalue weighted by Crippen LogP contribution is -2.43. The van der Waals surface area contributed by atoms with Gasteiger partial charge in [0.2, 0.25) is 5.88 Å². The summed E-state index contributed by atoms with van der Waals surface area (Å²) >= 11 is 0. The molecule has 0 aliphatic heterocycles. The SMILES string of the molecule is CCc1nccc(-c2cccnc2Oc2ccc(NC(=O)NC(C)(C)C)cc2OC)n1. The van der Waals surface area contributed by atoms with Crippen LogP contribution < -0.4 is 20.1 Å². The third kappa shape index (κ3) is 5.91. The van der Waals surface area contributed by atoms with E-state index in [0.717, 1.165) is 23.5 Å². The number of nitrogens with one attached hydrogen (secondary N) is 2. The van der Waals surface area contributed by atoms with Crippen molar-refractivity contribution < 1.29 is 14.3 Å². The van der Waals surface area contributed by atoms with Crippen LogP contribution in [-0.2, 0) is 6.42 Å². The van der Waals surface area contributed by atoms with Crippen molar-refractivity contribution in [2.24, 2.45) is 0 Å². The topological polar surface area (TPSA) is 98.3 Å². The summed E-state index contributed by atoms with van der Waals surface area (Å²) in [6, 6.07) is 10.4. The van der Waals surface area contributed by atoms with Crippen molar-refractivity contribution in [1.82, 2.24) is 20.3 Å². The van der Waals surface area contributed by atoms with E-state index in [0.29, 0.717) is 23.1 Å². The number of amides is 2. The van der Waals surface area contributed by atoms with Crippen molar-refractivity contribution in [3.8, 4) is 28.6 Å². The van der Waals surface area contributed by atoms with Gasteiger partial charge in [-0.2, -0.15) is 0 Å². The van der Waals surface area contributed by atoms with E-state index >= 15 is 0 Å². The maximum Gasteiger partial charge on any atom is 0.319 e. The highest BCUT2D eigenvalue weighted by atomic mass is 16.5. The third-order valence-corrected chi connectivity index (χ3v) is 4.19. The number of nitrogens with zero attached hydrogens (tertiary/aromatic N) is 3. The van der Waals surface area contributed by atoms with Gasteiger partial charge in [-0.1, -0.05) is 6.92 Å². The van der Waals surface area contributed by atoms with E-state index in [-0.39, 0.29) is 11.6 Å². The molecule has 0 aliphatic carbocycles. The summed E-state index contributed by atoms with van der Waals surface area (Å²) in [5.74, 6) is 2.07. The zero-order chi connectivity index (χ0) is 22.4. The Morgan fingerprint density at radius 2 is 1.87 bits per heavy atom. The number of carbonyl (C=O) groups excluding carboxylic acids is 1. The van der Waals surface area contributed by atoms with Crippen LogP contribution in [-0.4, -0.2) is 33.6 Å². The quantitative estimate of drug-likeness (QED) is 0.592. The Morgan fingerprint density at radius 3 is 2.58 bits per heavy atom. The second-order valence-corrected chi connectivity index (χ2v) is 7.86. The molecule has 8 heteroatoms. The van der Waals surface area contributed by atoms with Crippen LogP contribution in [0.1, 0.15) is 33.5 Å². The van der Waals surface area contributed by atoms with Crippen LogP contribution in [0.5, 0.6) is 17.4 Å². The number of ether oxygens (including phenoxy) is 2. The van der Waals surface area contributed by atoms with Crippen LogP contribution >= 0.6 is 0 Å². The number of pyridine rings is 1. The highest BCUT2D eigenvalue weighted by Crippen LogP contribution is 2.36. The predicted molar refractivity (Wildman–Crippen MR) is 120 cm³/mol. The summed E-state index contributed by atoms with van der Waals surface area (Å²) in [6.45, 7) is 7.74. The lowest BCUT2D eigenvalue weighted by molar-refractivity contribution is 0.244. The number of aryl methyl sites for hydroxylation is 1. The Bertz CT molecular complexity index is 1060. The molecule has 2 amide bonds. The first-order valence-corrected chi connectivity index (χ1v) is 10.0. The van der Waals surface area contributed by atoms with E-state index in [4.69, 9.17) is 9.47 Å². The Balaban J connectivity index is 1.86. The number of hydrogen-bond donors (Lipinski definition) is 2. The first-order valence-electron chi connectivity index (χ1n) is 10.0. The summed E-state index contributed by atoms with van der Waals surface area (Å²) in [6.07, 6.45) is 4.11. The average molecular weight is 422 g/mol. The molecule has 2 N–H and O–H groups in total. The first kappa shape index (κ1) is 22.0. The van der Waals surface area contributed by atoms with Crippen molar-refractivity contribution in [3.05, 3.63) is 54.6 Å². The van der Waals surface area contributed by atoms with Gasteiger partial charge in [-0.3, -0.25) is 0 Å². The van der Waals surface area contributed by atoms with Crippen molar-refractivity contribution in [2.75, 3.05) is 12.4 Å². The van der Waals surface area contributed by atoms with Crippen molar-refractivity contribution in [3.63, 3.8) is 0 Å². The van der Waals surface area contributed by atoms with Crippen LogP contribution in [0.3, 0.4) is 0 Å². The van der Waals surface area contributed by atoms with Gasteiger partial charge in [-0.05, 0) is 51.1 Å². The largest absolute Gasteiger partial charge is 0.493 e. The molecule has 0 fully saturated rings. The molecule has 0 saturated heterocycles. The molecule has 2 aromatic heterocycles. The normalized spacial score (nSPS) is 11.0. The second-order valence-electron chi connectivity index (χ2n) is 7.86. The molecule has 2 heterocycles. The molecular weight excluding hydrogens is 394 g/mol. The number of hydrogen-bond acceptors (Lipinski definition) is 6. The van der Waals surface area contributed by atoms with Gasteiger partial charge in [-0.15, -0.1) is 0 Å². The molecule has 8 nitrogen and oxygen atoms in total. The first-order chi connectivity index (χ1) is 14.8. The number of benzene rings is 1. The lowest BCUT2D eigenvalue weighted by atomic mass is 10.1. The van der Waals surface area contributed by atoms with Crippen LogP contribution in [0.15, 0.2) is 48.8 Å². The van der Waals surface area contributed by atoms with E-state index < -0.39 is 0 Å². The molecule has 0 atom stereocenters. The van der Waals surface area contributed by atoms with E-state index in [1.54, 1.807) is 37.7 Å². The molecular formula is C23H27N5O3. The van der Waals surface area contributed by atoms with Gasteiger partial charge in [0, 0.05) is 36.1 Å². The molecule has 0 spiro atoms. The maximum absolute atomic E-state index is 12.1. The summed E-state index contributed by atoms with van der Waals surface area (Å²) < 4.78 is 11.5. The molecule has 0 aliphatic rings. The Labute approximate surface area is 182 Å². The van der Waals surface area contributed by atoms with Gasteiger partial charge in [0.25, 0.3) is 0 Å². The molecule has 31 heavy (non-hydrogen) atoms. The van der Waals surface area contributed by atoms with E-state index in [2.05, 4.69) is 25.6 Å². The van der Waals surface area contributed by atoms with Crippen LogP contribution in [0.2, 0.25) is 0 Å². The predicted octanol–water partition coefficient (Wildman–Crippen LogP) is 4.82. The summed E-state index contributed by atoms with van der Waals surface area (Å²) in [5.41, 5.74) is 1.71. The smallest absolute Gasteiger partial charge is 0.319 e. The minimum Gasteiger partial charge on any atom is -0.493 e. The van der Waals surface area contributed by atoms with Crippen molar-refractivity contribution in [1.29, 1.82) is 0 Å². The average Bonchev–Trinajstić information content (AvgIpc) is 2.74. The molecule has 1 aromatic carbocycles. The summed E-state index contributed by atoms with van der Waals surface area (Å²) in [4.78, 5) is 25.3. The molecule has 0 saturated carbocycles. The highest BCUT2D eigenvalue weighted by molar-refractivity contribution is 5.90. The zero-order valence-corrected chi connectivity index (χ0v) is 18.4. The molecule has 0 bridgehead atoms. The molecule has 3 aromatic rings. The Kier molecular flexibility index (Phi) is 6.69. The van der Waals surface area contributed by atoms with E-state index in [9.17, 15) is 4.79 Å². The van der Waals surface area contributed by atoms with Crippen LogP contribution in [0.4, 0.5) is 10.5 Å². The molecule has 3 rings (SSSR count). The molecule has 162 valence electrons.